The van der Waals surface area contributed by atoms with Crippen molar-refractivity contribution in [1.29, 1.82) is 0 Å². The maximum absolute atomic E-state index is 5.38. The first kappa shape index (κ1) is 13.2. The van der Waals surface area contributed by atoms with E-state index in [1.165, 1.54) is 0 Å². The van der Waals surface area contributed by atoms with Crippen LogP contribution in [0.3, 0.4) is 0 Å². The summed E-state index contributed by atoms with van der Waals surface area (Å²) in [5, 5.41) is 0. The van der Waals surface area contributed by atoms with Crippen LogP contribution >= 0.6 is 0 Å². The molecule has 0 amide bonds. The topological polar surface area (TPSA) is 30.9 Å². The number of anilines is 1. The molecule has 0 bridgehead atoms. The van der Waals surface area contributed by atoms with Gasteiger partial charge in [-0.05, 0) is 12.1 Å². The highest BCUT2D eigenvalue weighted by Crippen LogP contribution is 2.15. The molecule has 1 rings (SSSR count). The summed E-state index contributed by atoms with van der Waals surface area (Å²) in [7, 11) is 4.33. The van der Waals surface area contributed by atoms with Gasteiger partial charge in [-0.25, -0.2) is 0 Å². The first-order chi connectivity index (χ1) is 7.67. The minimum Gasteiger partial charge on any atom is -0.376 e. The number of rotatable bonds is 6. The van der Waals surface area contributed by atoms with Gasteiger partial charge in [0.05, 0.1) is 6.17 Å². The van der Waals surface area contributed by atoms with E-state index in [1.807, 2.05) is 37.4 Å². The van der Waals surface area contributed by atoms with Gasteiger partial charge in [0, 0.05) is 34.1 Å². The first-order valence-electron chi connectivity index (χ1n) is 5.09. The molecule has 0 heterocycles. The summed E-state index contributed by atoms with van der Waals surface area (Å²) >= 11 is 0. The molecule has 0 spiro atoms. The number of benzene rings is 1. The van der Waals surface area contributed by atoms with Gasteiger partial charge in [-0.1, -0.05) is 18.2 Å². The van der Waals surface area contributed by atoms with Gasteiger partial charge in [0.15, 0.2) is 0 Å². The van der Waals surface area contributed by atoms with Crippen molar-refractivity contribution in [2.24, 2.45) is 0 Å². The van der Waals surface area contributed by atoms with Crippen LogP contribution in [0.5, 0.6) is 0 Å². The fourth-order valence-electron chi connectivity index (χ4n) is 1.51. The summed E-state index contributed by atoms with van der Waals surface area (Å²) in [6, 6.07) is 10.1. The van der Waals surface area contributed by atoms with Crippen LogP contribution < -0.4 is 4.90 Å². The average molecular weight is 241 g/mol. The van der Waals surface area contributed by atoms with Gasteiger partial charge in [0.2, 0.25) is 0 Å². The van der Waals surface area contributed by atoms with Gasteiger partial charge in [-0.3, -0.25) is 0 Å². The Morgan fingerprint density at radius 1 is 1.00 bits per heavy atom. The zero-order valence-electron chi connectivity index (χ0n) is 10.3. The van der Waals surface area contributed by atoms with Gasteiger partial charge >= 0.3 is 8.80 Å². The molecule has 0 aliphatic heterocycles. The van der Waals surface area contributed by atoms with E-state index in [4.69, 9.17) is 13.3 Å². The fraction of sp³-hybridized carbons (Fsp3) is 0.455. The second-order valence-corrected chi connectivity index (χ2v) is 6.39. The predicted octanol–water partition coefficient (Wildman–Crippen LogP) is 1.54. The van der Waals surface area contributed by atoms with Crippen molar-refractivity contribution in [1.82, 2.24) is 0 Å². The molecule has 0 N–H and O–H groups in total. The molecule has 0 fully saturated rings. The zero-order chi connectivity index (χ0) is 12.0. The van der Waals surface area contributed by atoms with Gasteiger partial charge in [-0.15, -0.1) is 0 Å². The minimum absolute atomic E-state index is 0.626. The summed E-state index contributed by atoms with van der Waals surface area (Å²) < 4.78 is 16.1. The maximum Gasteiger partial charge on any atom is 0.520 e. The summed E-state index contributed by atoms with van der Waals surface area (Å²) in [4.78, 5) is 2.07. The van der Waals surface area contributed by atoms with Crippen LogP contribution in [-0.2, 0) is 13.3 Å². The van der Waals surface area contributed by atoms with Crippen LogP contribution in [0, 0.1) is 0 Å². The monoisotopic (exact) mass is 241 g/mol. The largest absolute Gasteiger partial charge is 0.520 e. The van der Waals surface area contributed by atoms with Crippen LogP contribution in [0.25, 0.3) is 0 Å². The summed E-state index contributed by atoms with van der Waals surface area (Å²) in [6.07, 6.45) is 0.626. The molecule has 0 saturated carbocycles. The molecule has 0 saturated heterocycles. The molecule has 5 heteroatoms. The van der Waals surface area contributed by atoms with E-state index in [9.17, 15) is 0 Å². The second-order valence-electron chi connectivity index (χ2n) is 3.49. The molecular weight excluding hydrogens is 222 g/mol. The lowest BCUT2D eigenvalue weighted by Crippen LogP contribution is -2.52. The Morgan fingerprint density at radius 3 is 1.94 bits per heavy atom. The third kappa shape index (κ3) is 3.05. The minimum atomic E-state index is -2.54. The zero-order valence-corrected chi connectivity index (χ0v) is 11.3. The lowest BCUT2D eigenvalue weighted by Gasteiger charge is -2.30. The van der Waals surface area contributed by atoms with E-state index in [0.29, 0.717) is 6.17 Å². The summed E-state index contributed by atoms with van der Waals surface area (Å²) in [6.45, 7) is 0. The normalized spacial score (nSPS) is 11.5. The lowest BCUT2D eigenvalue weighted by atomic mass is 10.3. The van der Waals surface area contributed by atoms with Crippen LogP contribution in [0.1, 0.15) is 0 Å². The molecule has 0 atom stereocenters. The third-order valence-corrected chi connectivity index (χ3v) is 5.29. The molecule has 90 valence electrons. The highest BCUT2D eigenvalue weighted by Gasteiger charge is 2.39. The second kappa shape index (κ2) is 6.00. The molecule has 0 aliphatic carbocycles. The van der Waals surface area contributed by atoms with Crippen LogP contribution in [0.4, 0.5) is 5.69 Å². The van der Waals surface area contributed by atoms with Crippen molar-refractivity contribution in [3.63, 3.8) is 0 Å². The fourth-order valence-corrected chi connectivity index (χ4v) is 3.16. The summed E-state index contributed by atoms with van der Waals surface area (Å²) in [5.41, 5.74) is 1.12. The Kier molecular flexibility index (Phi) is 4.95. The van der Waals surface area contributed by atoms with E-state index in [-0.39, 0.29) is 0 Å². The Bertz CT molecular complexity index is 295. The highest BCUT2D eigenvalue weighted by molar-refractivity contribution is 6.61. The first-order valence-corrected chi connectivity index (χ1v) is 7.02. The van der Waals surface area contributed by atoms with Crippen molar-refractivity contribution >= 4 is 14.5 Å². The Balaban J connectivity index is 2.73. The summed E-state index contributed by atoms with van der Waals surface area (Å²) in [5.74, 6) is 0. The smallest absolute Gasteiger partial charge is 0.376 e. The van der Waals surface area contributed by atoms with E-state index in [2.05, 4.69) is 4.90 Å². The van der Waals surface area contributed by atoms with E-state index in [1.54, 1.807) is 21.3 Å². The van der Waals surface area contributed by atoms with E-state index < -0.39 is 8.80 Å². The maximum atomic E-state index is 5.38. The molecule has 0 radical (unpaired) electrons. The van der Waals surface area contributed by atoms with E-state index in [0.717, 1.165) is 5.69 Å². The SMILES string of the molecule is CO[Si](CN(C)c1ccccc1)(OC)OC. The van der Waals surface area contributed by atoms with Gasteiger partial charge in [0.1, 0.15) is 0 Å². The standard InChI is InChI=1S/C11H19NO3Si/c1-12(11-8-6-5-7-9-11)10-16(13-2,14-3)15-4/h5-9H,10H2,1-4H3. The third-order valence-electron chi connectivity index (χ3n) is 2.56. The van der Waals surface area contributed by atoms with Gasteiger partial charge in [-0.2, -0.15) is 0 Å². The van der Waals surface area contributed by atoms with Gasteiger partial charge in [0.25, 0.3) is 0 Å². The number of nitrogens with zero attached hydrogens (tertiary/aromatic N) is 1. The van der Waals surface area contributed by atoms with Crippen molar-refractivity contribution in [3.8, 4) is 0 Å². The highest BCUT2D eigenvalue weighted by atomic mass is 28.4. The number of hydrogen-bond acceptors (Lipinski definition) is 4. The van der Waals surface area contributed by atoms with Crippen molar-refractivity contribution < 1.29 is 13.3 Å². The molecule has 1 aromatic carbocycles. The Hall–Kier alpha value is -0.883. The van der Waals surface area contributed by atoms with Crippen molar-refractivity contribution in [3.05, 3.63) is 30.3 Å². The van der Waals surface area contributed by atoms with Gasteiger partial charge < -0.3 is 18.2 Å². The molecule has 0 unspecified atom stereocenters. The Labute approximate surface area is 98.1 Å². The number of para-hydroxylation sites is 1. The molecule has 1 aromatic rings. The average Bonchev–Trinajstić information content (AvgIpc) is 2.37. The lowest BCUT2D eigenvalue weighted by molar-refractivity contribution is 0.125. The van der Waals surface area contributed by atoms with E-state index >= 15 is 0 Å². The molecule has 0 aliphatic rings. The van der Waals surface area contributed by atoms with Crippen LogP contribution in [-0.4, -0.2) is 43.3 Å². The Morgan fingerprint density at radius 2 is 1.50 bits per heavy atom. The number of hydrogen-bond donors (Lipinski definition) is 0. The van der Waals surface area contributed by atoms with Crippen LogP contribution in [0.15, 0.2) is 30.3 Å². The van der Waals surface area contributed by atoms with Crippen LogP contribution in [0.2, 0.25) is 0 Å². The van der Waals surface area contributed by atoms with Crippen molar-refractivity contribution in [2.45, 2.75) is 0 Å². The molecule has 16 heavy (non-hydrogen) atoms. The molecular formula is C11H19NO3Si. The quantitative estimate of drug-likeness (QED) is 0.707. The molecule has 4 nitrogen and oxygen atoms in total. The van der Waals surface area contributed by atoms with Crippen molar-refractivity contribution in [2.75, 3.05) is 39.4 Å². The predicted molar refractivity (Wildman–Crippen MR) is 66.5 cm³/mol. The molecule has 0 aromatic heterocycles.